The van der Waals surface area contributed by atoms with Crippen LogP contribution in [-0.4, -0.2) is 23.5 Å². The molecule has 0 aliphatic rings. The Balaban J connectivity index is 1.34. The maximum atomic E-state index is 13.3. The number of nitrogens with one attached hydrogen (secondary N) is 1. The molecule has 0 unspecified atom stereocenters. The first-order chi connectivity index (χ1) is 20.6. The Kier molecular flexibility index (Phi) is 8.63. The topological polar surface area (TPSA) is 77.5 Å². The molecule has 0 spiro atoms. The smallest absolute Gasteiger partial charge is 0.416 e. The quantitative estimate of drug-likeness (QED) is 0.180. The lowest BCUT2D eigenvalue weighted by molar-refractivity contribution is -0.137. The Morgan fingerprint density at radius 1 is 0.907 bits per heavy atom. The minimum Gasteiger partial charge on any atom is -0.489 e. The van der Waals surface area contributed by atoms with E-state index in [2.05, 4.69) is 5.32 Å². The largest absolute Gasteiger partial charge is 0.489 e. The number of hydrogen-bond acceptors (Lipinski definition) is 5. The SMILES string of the molecule is Cc1c(-c2ccc(OCc3ccccc3)cc2)nc2ccccc2c1C(=O)OCC(=O)Nc1cc(C(F)(F)F)ccc1Cl. The third-order valence-electron chi connectivity index (χ3n) is 6.62. The number of halogens is 4. The minimum atomic E-state index is -4.62. The molecule has 43 heavy (non-hydrogen) atoms. The van der Waals surface area contributed by atoms with Crippen molar-refractivity contribution in [1.82, 2.24) is 4.98 Å². The van der Waals surface area contributed by atoms with Crippen molar-refractivity contribution >= 4 is 40.1 Å². The summed E-state index contributed by atoms with van der Waals surface area (Å²) >= 11 is 5.96. The van der Waals surface area contributed by atoms with Crippen molar-refractivity contribution in [3.05, 3.63) is 124 Å². The van der Waals surface area contributed by atoms with Gasteiger partial charge in [-0.2, -0.15) is 13.2 Å². The molecule has 0 bridgehead atoms. The molecule has 1 aromatic heterocycles. The van der Waals surface area contributed by atoms with Crippen LogP contribution in [0.1, 0.15) is 27.0 Å². The number of anilines is 1. The average Bonchev–Trinajstić information content (AvgIpc) is 3.00. The number of hydrogen-bond donors (Lipinski definition) is 1. The highest BCUT2D eigenvalue weighted by atomic mass is 35.5. The molecule has 1 N–H and O–H groups in total. The van der Waals surface area contributed by atoms with Crippen molar-refractivity contribution in [2.45, 2.75) is 19.7 Å². The highest BCUT2D eigenvalue weighted by Crippen LogP contribution is 2.34. The second-order valence-electron chi connectivity index (χ2n) is 9.59. The van der Waals surface area contributed by atoms with E-state index < -0.39 is 30.2 Å². The zero-order valence-electron chi connectivity index (χ0n) is 22.7. The molecule has 0 atom stereocenters. The molecule has 10 heteroatoms. The van der Waals surface area contributed by atoms with Gasteiger partial charge in [0.15, 0.2) is 6.61 Å². The van der Waals surface area contributed by atoms with E-state index >= 15 is 0 Å². The molecule has 6 nitrogen and oxygen atoms in total. The van der Waals surface area contributed by atoms with Crippen LogP contribution in [0.15, 0.2) is 97.1 Å². The number of alkyl halides is 3. The van der Waals surface area contributed by atoms with E-state index in [1.807, 2.05) is 54.6 Å². The van der Waals surface area contributed by atoms with Crippen molar-refractivity contribution < 1.29 is 32.2 Å². The second-order valence-corrected chi connectivity index (χ2v) is 10.0. The highest BCUT2D eigenvalue weighted by molar-refractivity contribution is 6.33. The first kappa shape index (κ1) is 29.6. The van der Waals surface area contributed by atoms with E-state index in [1.54, 1.807) is 31.2 Å². The van der Waals surface area contributed by atoms with Crippen molar-refractivity contribution in [3.8, 4) is 17.0 Å². The maximum Gasteiger partial charge on any atom is 0.416 e. The molecule has 1 amide bonds. The number of aromatic nitrogens is 1. The number of carbonyl (C=O) groups is 2. The summed E-state index contributed by atoms with van der Waals surface area (Å²) in [4.78, 5) is 30.6. The third kappa shape index (κ3) is 6.95. The van der Waals surface area contributed by atoms with Gasteiger partial charge in [-0.05, 0) is 66.6 Å². The number of ether oxygens (including phenoxy) is 2. The monoisotopic (exact) mass is 604 g/mol. The summed E-state index contributed by atoms with van der Waals surface area (Å²) in [7, 11) is 0. The predicted octanol–water partition coefficient (Wildman–Crippen LogP) is 8.26. The fraction of sp³-hybridized carbons (Fsp3) is 0.121. The summed E-state index contributed by atoms with van der Waals surface area (Å²) in [6, 6.07) is 26.6. The van der Waals surface area contributed by atoms with Crippen LogP contribution in [0, 0.1) is 6.92 Å². The molecular weight excluding hydrogens is 581 g/mol. The van der Waals surface area contributed by atoms with E-state index in [0.29, 0.717) is 40.6 Å². The summed E-state index contributed by atoms with van der Waals surface area (Å²) in [6.45, 7) is 1.40. The molecule has 0 fully saturated rings. The van der Waals surface area contributed by atoms with Gasteiger partial charge in [0.1, 0.15) is 12.4 Å². The fourth-order valence-corrected chi connectivity index (χ4v) is 4.65. The van der Waals surface area contributed by atoms with E-state index in [0.717, 1.165) is 23.3 Å². The number of benzene rings is 4. The van der Waals surface area contributed by atoms with Crippen LogP contribution in [0.5, 0.6) is 5.75 Å². The Hall–Kier alpha value is -4.89. The Morgan fingerprint density at radius 2 is 1.60 bits per heavy atom. The number of rotatable bonds is 8. The number of para-hydroxylation sites is 1. The van der Waals surface area contributed by atoms with E-state index in [1.165, 1.54) is 0 Å². The molecule has 5 aromatic rings. The van der Waals surface area contributed by atoms with Gasteiger partial charge in [0.05, 0.1) is 33.0 Å². The van der Waals surface area contributed by atoms with Crippen LogP contribution in [0.2, 0.25) is 5.02 Å². The third-order valence-corrected chi connectivity index (χ3v) is 6.95. The Labute approximate surface area is 250 Å². The van der Waals surface area contributed by atoms with Gasteiger partial charge in [0.25, 0.3) is 5.91 Å². The van der Waals surface area contributed by atoms with Crippen LogP contribution in [0.3, 0.4) is 0 Å². The molecular formula is C33H24ClF3N2O4. The molecule has 0 radical (unpaired) electrons. The van der Waals surface area contributed by atoms with Gasteiger partial charge in [-0.15, -0.1) is 0 Å². The van der Waals surface area contributed by atoms with Gasteiger partial charge in [-0.1, -0.05) is 60.1 Å². The van der Waals surface area contributed by atoms with Crippen molar-refractivity contribution in [1.29, 1.82) is 0 Å². The first-order valence-corrected chi connectivity index (χ1v) is 13.5. The van der Waals surface area contributed by atoms with Gasteiger partial charge >= 0.3 is 12.1 Å². The van der Waals surface area contributed by atoms with Gasteiger partial charge < -0.3 is 14.8 Å². The predicted molar refractivity (Wildman–Crippen MR) is 158 cm³/mol. The molecule has 0 saturated carbocycles. The van der Waals surface area contributed by atoms with Crippen molar-refractivity contribution in [3.63, 3.8) is 0 Å². The number of nitrogens with zero attached hydrogens (tertiary/aromatic N) is 1. The summed E-state index contributed by atoms with van der Waals surface area (Å²) in [6.07, 6.45) is -4.62. The molecule has 1 heterocycles. The van der Waals surface area contributed by atoms with Gasteiger partial charge in [0, 0.05) is 10.9 Å². The van der Waals surface area contributed by atoms with Crippen LogP contribution >= 0.6 is 11.6 Å². The standard InChI is InChI=1S/C33H24ClF3N2O4/c1-20-30(32(41)43-19-29(40)38-28-17-23(33(35,36)37)13-16-26(28)34)25-9-5-6-10-27(25)39-31(20)22-11-14-24(15-12-22)42-18-21-7-3-2-4-8-21/h2-17H,18-19H2,1H3,(H,38,40). The zero-order valence-corrected chi connectivity index (χ0v) is 23.5. The number of carbonyl (C=O) groups excluding carboxylic acids is 2. The molecule has 5 rings (SSSR count). The Morgan fingerprint density at radius 3 is 2.33 bits per heavy atom. The summed E-state index contributed by atoms with van der Waals surface area (Å²) in [5.74, 6) is -0.972. The van der Waals surface area contributed by atoms with Gasteiger partial charge in [0.2, 0.25) is 0 Å². The lowest BCUT2D eigenvalue weighted by Gasteiger charge is -2.15. The van der Waals surface area contributed by atoms with Gasteiger partial charge in [-0.3, -0.25) is 4.79 Å². The minimum absolute atomic E-state index is 0.0928. The summed E-state index contributed by atoms with van der Waals surface area (Å²) < 4.78 is 50.4. The van der Waals surface area contributed by atoms with E-state index in [9.17, 15) is 22.8 Å². The number of pyridine rings is 1. The molecule has 0 aliphatic heterocycles. The lowest BCUT2D eigenvalue weighted by atomic mass is 9.97. The maximum absolute atomic E-state index is 13.3. The van der Waals surface area contributed by atoms with Crippen LogP contribution in [0.4, 0.5) is 18.9 Å². The number of esters is 1. The van der Waals surface area contributed by atoms with Crippen LogP contribution in [0.25, 0.3) is 22.2 Å². The number of fused-ring (bicyclic) bond motifs is 1. The zero-order chi connectivity index (χ0) is 30.6. The van der Waals surface area contributed by atoms with Crippen LogP contribution in [-0.2, 0) is 22.3 Å². The van der Waals surface area contributed by atoms with Gasteiger partial charge in [-0.25, -0.2) is 9.78 Å². The van der Waals surface area contributed by atoms with Crippen molar-refractivity contribution in [2.75, 3.05) is 11.9 Å². The van der Waals surface area contributed by atoms with Crippen molar-refractivity contribution in [2.24, 2.45) is 0 Å². The summed E-state index contributed by atoms with van der Waals surface area (Å²) in [5.41, 5.74) is 2.38. The summed E-state index contributed by atoms with van der Waals surface area (Å²) in [5, 5.41) is 2.71. The van der Waals surface area contributed by atoms with Crippen LogP contribution < -0.4 is 10.1 Å². The number of amides is 1. The van der Waals surface area contributed by atoms with E-state index in [4.69, 9.17) is 26.1 Å². The average molecular weight is 605 g/mol. The highest BCUT2D eigenvalue weighted by Gasteiger charge is 2.31. The second kappa shape index (κ2) is 12.5. The Bertz CT molecular complexity index is 1790. The normalized spacial score (nSPS) is 11.3. The first-order valence-electron chi connectivity index (χ1n) is 13.1. The fourth-order valence-electron chi connectivity index (χ4n) is 4.49. The van der Waals surface area contributed by atoms with E-state index in [-0.39, 0.29) is 16.3 Å². The molecule has 0 saturated heterocycles. The molecule has 0 aliphatic carbocycles. The molecule has 218 valence electrons. The molecule has 4 aromatic carbocycles. The lowest BCUT2D eigenvalue weighted by Crippen LogP contribution is -2.22.